The highest BCUT2D eigenvalue weighted by Gasteiger charge is 2.09. The molecule has 0 aliphatic heterocycles. The predicted octanol–water partition coefficient (Wildman–Crippen LogP) is 3.78. The molecule has 0 atom stereocenters. The van der Waals surface area contributed by atoms with Crippen LogP contribution in [0.3, 0.4) is 0 Å². The van der Waals surface area contributed by atoms with Crippen molar-refractivity contribution in [3.05, 3.63) is 63.1 Å². The van der Waals surface area contributed by atoms with Crippen LogP contribution >= 0.6 is 27.5 Å². The standard InChI is InChI=1S/C14H12BrClN2O2/c15-10-6-5-9(12(16)7-10)8-20-13-4-2-1-3-11(13)14(17)18-19/h1-7,19H,8H2,(H2,17,18). The maximum absolute atomic E-state index is 8.75. The van der Waals surface area contributed by atoms with Gasteiger partial charge in [-0.15, -0.1) is 0 Å². The number of ether oxygens (including phenoxy) is 1. The molecular formula is C14H12BrClN2O2. The zero-order chi connectivity index (χ0) is 14.5. The Morgan fingerprint density at radius 2 is 2.05 bits per heavy atom. The lowest BCUT2D eigenvalue weighted by Crippen LogP contribution is -2.14. The summed E-state index contributed by atoms with van der Waals surface area (Å²) in [5, 5.41) is 12.4. The number of nitrogens with zero attached hydrogens (tertiary/aromatic N) is 1. The third-order valence-corrected chi connectivity index (χ3v) is 3.51. The van der Waals surface area contributed by atoms with Gasteiger partial charge in [0.05, 0.1) is 5.56 Å². The van der Waals surface area contributed by atoms with Crippen LogP contribution in [-0.4, -0.2) is 11.0 Å². The van der Waals surface area contributed by atoms with Crippen LogP contribution in [0.2, 0.25) is 5.02 Å². The Morgan fingerprint density at radius 1 is 1.30 bits per heavy atom. The second-order valence-corrected chi connectivity index (χ2v) is 5.33. The van der Waals surface area contributed by atoms with Gasteiger partial charge in [0.2, 0.25) is 0 Å². The molecule has 0 amide bonds. The Morgan fingerprint density at radius 3 is 2.75 bits per heavy atom. The Bertz CT molecular complexity index is 647. The molecule has 0 saturated heterocycles. The van der Waals surface area contributed by atoms with Crippen LogP contribution in [0.5, 0.6) is 5.75 Å². The molecule has 0 bridgehead atoms. The monoisotopic (exact) mass is 354 g/mol. The van der Waals surface area contributed by atoms with Gasteiger partial charge in [0.1, 0.15) is 12.4 Å². The summed E-state index contributed by atoms with van der Waals surface area (Å²) in [6, 6.07) is 12.6. The van der Waals surface area contributed by atoms with E-state index < -0.39 is 0 Å². The summed E-state index contributed by atoms with van der Waals surface area (Å²) in [6.07, 6.45) is 0. The second-order valence-electron chi connectivity index (χ2n) is 4.01. The molecule has 0 aliphatic carbocycles. The maximum Gasteiger partial charge on any atom is 0.173 e. The van der Waals surface area contributed by atoms with E-state index in [1.165, 1.54) is 0 Å². The van der Waals surface area contributed by atoms with Crippen molar-refractivity contribution < 1.29 is 9.94 Å². The lowest BCUT2D eigenvalue weighted by Gasteiger charge is -2.11. The molecule has 0 heterocycles. The minimum Gasteiger partial charge on any atom is -0.488 e. The normalized spacial score (nSPS) is 11.4. The molecule has 0 aliphatic rings. The molecule has 20 heavy (non-hydrogen) atoms. The first kappa shape index (κ1) is 14.7. The van der Waals surface area contributed by atoms with Gasteiger partial charge in [-0.05, 0) is 24.3 Å². The van der Waals surface area contributed by atoms with E-state index in [0.717, 1.165) is 10.0 Å². The van der Waals surface area contributed by atoms with Crippen LogP contribution < -0.4 is 10.5 Å². The smallest absolute Gasteiger partial charge is 0.173 e. The van der Waals surface area contributed by atoms with E-state index in [0.29, 0.717) is 22.9 Å². The first-order valence-corrected chi connectivity index (χ1v) is 6.92. The van der Waals surface area contributed by atoms with Gasteiger partial charge in [-0.25, -0.2) is 0 Å². The van der Waals surface area contributed by atoms with Crippen LogP contribution in [0.15, 0.2) is 52.1 Å². The van der Waals surface area contributed by atoms with Crippen molar-refractivity contribution in [2.75, 3.05) is 0 Å². The lowest BCUT2D eigenvalue weighted by atomic mass is 10.2. The van der Waals surface area contributed by atoms with Crippen molar-refractivity contribution >= 4 is 33.4 Å². The second kappa shape index (κ2) is 6.63. The zero-order valence-corrected chi connectivity index (χ0v) is 12.7. The molecule has 104 valence electrons. The topological polar surface area (TPSA) is 67.8 Å². The van der Waals surface area contributed by atoms with Gasteiger partial charge < -0.3 is 15.7 Å². The van der Waals surface area contributed by atoms with Gasteiger partial charge >= 0.3 is 0 Å². The van der Waals surface area contributed by atoms with Crippen molar-refractivity contribution in [2.45, 2.75) is 6.61 Å². The molecule has 0 saturated carbocycles. The fourth-order valence-electron chi connectivity index (χ4n) is 1.65. The molecule has 4 nitrogen and oxygen atoms in total. The highest BCUT2D eigenvalue weighted by atomic mass is 79.9. The molecular weight excluding hydrogens is 344 g/mol. The summed E-state index contributed by atoms with van der Waals surface area (Å²) >= 11 is 9.47. The average Bonchev–Trinajstić information content (AvgIpc) is 2.46. The number of hydrogen-bond acceptors (Lipinski definition) is 3. The molecule has 2 aromatic carbocycles. The van der Waals surface area contributed by atoms with Crippen LogP contribution in [0.25, 0.3) is 0 Å². The van der Waals surface area contributed by atoms with Gasteiger partial charge in [0, 0.05) is 15.1 Å². The highest BCUT2D eigenvalue weighted by molar-refractivity contribution is 9.10. The Labute approximate surface area is 129 Å². The first-order chi connectivity index (χ1) is 9.61. The van der Waals surface area contributed by atoms with E-state index in [9.17, 15) is 0 Å². The maximum atomic E-state index is 8.75. The number of oxime groups is 1. The Kier molecular flexibility index (Phi) is 4.87. The third-order valence-electron chi connectivity index (χ3n) is 2.67. The SMILES string of the molecule is N/C(=N/O)c1ccccc1OCc1ccc(Br)cc1Cl. The van der Waals surface area contributed by atoms with Gasteiger partial charge in [0.15, 0.2) is 5.84 Å². The van der Waals surface area contributed by atoms with Crippen LogP contribution in [0.1, 0.15) is 11.1 Å². The fourth-order valence-corrected chi connectivity index (χ4v) is 2.38. The molecule has 0 radical (unpaired) electrons. The van der Waals surface area contributed by atoms with Crippen molar-refractivity contribution in [1.29, 1.82) is 0 Å². The number of para-hydroxylation sites is 1. The van der Waals surface area contributed by atoms with Crippen LogP contribution in [0.4, 0.5) is 0 Å². The average molecular weight is 356 g/mol. The molecule has 0 spiro atoms. The summed E-state index contributed by atoms with van der Waals surface area (Å²) < 4.78 is 6.60. The molecule has 2 rings (SSSR count). The van der Waals surface area contributed by atoms with E-state index in [-0.39, 0.29) is 5.84 Å². The summed E-state index contributed by atoms with van der Waals surface area (Å²) in [5.41, 5.74) is 6.98. The van der Waals surface area contributed by atoms with Gasteiger partial charge in [-0.3, -0.25) is 0 Å². The molecule has 3 N–H and O–H groups in total. The molecule has 2 aromatic rings. The van der Waals surface area contributed by atoms with Crippen molar-refractivity contribution in [3.8, 4) is 5.75 Å². The van der Waals surface area contributed by atoms with Crippen molar-refractivity contribution in [3.63, 3.8) is 0 Å². The number of halogens is 2. The summed E-state index contributed by atoms with van der Waals surface area (Å²) in [4.78, 5) is 0. The predicted molar refractivity (Wildman–Crippen MR) is 82.4 cm³/mol. The first-order valence-electron chi connectivity index (χ1n) is 5.75. The van der Waals surface area contributed by atoms with E-state index in [1.54, 1.807) is 24.3 Å². The van der Waals surface area contributed by atoms with Gasteiger partial charge in [-0.1, -0.05) is 50.9 Å². The largest absolute Gasteiger partial charge is 0.488 e. The Balaban J connectivity index is 2.19. The summed E-state index contributed by atoms with van der Waals surface area (Å²) in [5.74, 6) is 0.532. The van der Waals surface area contributed by atoms with Crippen molar-refractivity contribution in [1.82, 2.24) is 0 Å². The Hall–Kier alpha value is -1.72. The number of amidine groups is 1. The van der Waals surface area contributed by atoms with E-state index >= 15 is 0 Å². The molecule has 0 fully saturated rings. The quantitative estimate of drug-likeness (QED) is 0.379. The number of benzene rings is 2. The summed E-state index contributed by atoms with van der Waals surface area (Å²) in [7, 11) is 0. The van der Waals surface area contributed by atoms with E-state index in [4.69, 9.17) is 27.3 Å². The minimum absolute atomic E-state index is 0.00232. The summed E-state index contributed by atoms with van der Waals surface area (Å²) in [6.45, 7) is 0.293. The molecule has 0 aromatic heterocycles. The molecule has 0 unspecified atom stereocenters. The van der Waals surface area contributed by atoms with E-state index in [2.05, 4.69) is 21.1 Å². The minimum atomic E-state index is 0.00232. The molecule has 6 heteroatoms. The third kappa shape index (κ3) is 3.43. The van der Waals surface area contributed by atoms with Crippen LogP contribution in [0, 0.1) is 0 Å². The number of nitrogens with two attached hydrogens (primary N) is 1. The lowest BCUT2D eigenvalue weighted by molar-refractivity contribution is 0.303. The number of rotatable bonds is 4. The van der Waals surface area contributed by atoms with Crippen molar-refractivity contribution in [2.24, 2.45) is 10.9 Å². The number of hydrogen-bond donors (Lipinski definition) is 2. The fraction of sp³-hybridized carbons (Fsp3) is 0.0714. The highest BCUT2D eigenvalue weighted by Crippen LogP contribution is 2.24. The van der Waals surface area contributed by atoms with Crippen LogP contribution in [-0.2, 0) is 6.61 Å². The van der Waals surface area contributed by atoms with Gasteiger partial charge in [-0.2, -0.15) is 0 Å². The zero-order valence-electron chi connectivity index (χ0n) is 10.4. The van der Waals surface area contributed by atoms with Gasteiger partial charge in [0.25, 0.3) is 0 Å². The van der Waals surface area contributed by atoms with E-state index in [1.807, 2.05) is 18.2 Å².